The molecule has 0 heterocycles. The molecule has 0 aliphatic heterocycles. The Balaban J connectivity index is 2.44. The van der Waals surface area contributed by atoms with E-state index in [9.17, 15) is 0 Å². The van der Waals surface area contributed by atoms with Gasteiger partial charge in [-0.25, -0.2) is 0 Å². The van der Waals surface area contributed by atoms with Gasteiger partial charge in [0.05, 0.1) is 11.8 Å². The molecule has 6 heavy (non-hydrogen) atoms. The predicted octanol–water partition coefficient (Wildman–Crippen LogP) is -0.968. The molecular weight excluding hydrogens is 78.1 g/mol. The van der Waals surface area contributed by atoms with Crippen molar-refractivity contribution in [2.75, 3.05) is 0 Å². The zero-order valence-electron chi connectivity index (χ0n) is 3.39. The Morgan fingerprint density at radius 2 is 2.33 bits per heavy atom. The molecule has 1 saturated carbocycles. The Morgan fingerprint density at radius 3 is 2.33 bits per heavy atom. The van der Waals surface area contributed by atoms with Crippen LogP contribution >= 0.6 is 0 Å². The third kappa shape index (κ3) is 0.367. The molecule has 3 heteroatoms. The van der Waals surface area contributed by atoms with Crippen molar-refractivity contribution in [2.45, 2.75) is 12.5 Å². The van der Waals surface area contributed by atoms with Gasteiger partial charge in [-0.05, 0) is 0 Å². The average molecular weight is 85.1 g/mol. The molecule has 0 aromatic carbocycles. The van der Waals surface area contributed by atoms with E-state index in [4.69, 9.17) is 11.6 Å². The molecular formula is C3H7N3. The molecule has 0 aromatic heterocycles. The summed E-state index contributed by atoms with van der Waals surface area (Å²) in [6.45, 7) is 0. The van der Waals surface area contributed by atoms with Gasteiger partial charge in [0.25, 0.3) is 0 Å². The van der Waals surface area contributed by atoms with Crippen LogP contribution in [0.25, 0.3) is 0 Å². The Hall–Kier alpha value is -0.570. The van der Waals surface area contributed by atoms with Gasteiger partial charge in [-0.2, -0.15) is 5.10 Å². The van der Waals surface area contributed by atoms with Crippen molar-refractivity contribution in [2.24, 2.45) is 16.7 Å². The molecule has 0 aromatic rings. The average Bonchev–Trinajstić information content (AvgIpc) is 2.19. The highest BCUT2D eigenvalue weighted by molar-refractivity contribution is 6.04. The van der Waals surface area contributed by atoms with Gasteiger partial charge in [0.2, 0.25) is 0 Å². The summed E-state index contributed by atoms with van der Waals surface area (Å²) in [6, 6.07) is 0.190. The fraction of sp³-hybridized carbons (Fsp3) is 0.667. The number of hydrogen-bond donors (Lipinski definition) is 2. The highest BCUT2D eigenvalue weighted by atomic mass is 15.1. The van der Waals surface area contributed by atoms with Crippen molar-refractivity contribution in [1.82, 2.24) is 0 Å². The van der Waals surface area contributed by atoms with Crippen LogP contribution in [0.3, 0.4) is 0 Å². The number of nitrogens with zero attached hydrogens (tertiary/aromatic N) is 1. The van der Waals surface area contributed by atoms with Crippen LogP contribution in [-0.4, -0.2) is 11.8 Å². The second-order valence-corrected chi connectivity index (χ2v) is 1.43. The maximum atomic E-state index is 5.27. The number of rotatable bonds is 0. The maximum Gasteiger partial charge on any atom is 0.0566 e. The highest BCUT2D eigenvalue weighted by Crippen LogP contribution is 2.10. The van der Waals surface area contributed by atoms with Crippen molar-refractivity contribution < 1.29 is 0 Å². The van der Waals surface area contributed by atoms with Crippen LogP contribution in [0.15, 0.2) is 5.10 Å². The molecule has 1 atom stereocenters. The topological polar surface area (TPSA) is 64.4 Å². The SMILES string of the molecule is N/N=C1/CC1N. The van der Waals surface area contributed by atoms with Crippen LogP contribution < -0.4 is 11.6 Å². The third-order valence-corrected chi connectivity index (χ3v) is 0.863. The monoisotopic (exact) mass is 85.1 g/mol. The van der Waals surface area contributed by atoms with E-state index in [1.165, 1.54) is 0 Å². The van der Waals surface area contributed by atoms with Crippen LogP contribution in [0, 0.1) is 0 Å². The molecule has 1 aliphatic carbocycles. The molecule has 3 nitrogen and oxygen atoms in total. The molecule has 34 valence electrons. The van der Waals surface area contributed by atoms with Crippen LogP contribution in [0.2, 0.25) is 0 Å². The normalized spacial score (nSPS) is 37.5. The highest BCUT2D eigenvalue weighted by Gasteiger charge is 2.26. The summed E-state index contributed by atoms with van der Waals surface area (Å²) in [7, 11) is 0. The Morgan fingerprint density at radius 1 is 1.83 bits per heavy atom. The van der Waals surface area contributed by atoms with Crippen LogP contribution in [0.5, 0.6) is 0 Å². The first-order valence-corrected chi connectivity index (χ1v) is 1.87. The van der Waals surface area contributed by atoms with Gasteiger partial charge < -0.3 is 11.6 Å². The van der Waals surface area contributed by atoms with Gasteiger partial charge in [0, 0.05) is 6.42 Å². The van der Waals surface area contributed by atoms with E-state index in [-0.39, 0.29) is 6.04 Å². The molecule has 0 saturated heterocycles. The van der Waals surface area contributed by atoms with Crippen LogP contribution in [-0.2, 0) is 0 Å². The smallest absolute Gasteiger partial charge is 0.0566 e. The molecule has 0 radical (unpaired) electrons. The van der Waals surface area contributed by atoms with Gasteiger partial charge in [0.15, 0.2) is 0 Å². The first-order chi connectivity index (χ1) is 2.84. The summed E-state index contributed by atoms with van der Waals surface area (Å²) in [5.74, 6) is 4.83. The Kier molecular flexibility index (Phi) is 0.569. The van der Waals surface area contributed by atoms with Gasteiger partial charge in [-0.3, -0.25) is 0 Å². The third-order valence-electron chi connectivity index (χ3n) is 0.863. The van der Waals surface area contributed by atoms with E-state index in [2.05, 4.69) is 5.10 Å². The van der Waals surface area contributed by atoms with E-state index in [0.29, 0.717) is 0 Å². The lowest BCUT2D eigenvalue weighted by molar-refractivity contribution is 1.11. The van der Waals surface area contributed by atoms with E-state index in [1.54, 1.807) is 0 Å². The van der Waals surface area contributed by atoms with Crippen LogP contribution in [0.1, 0.15) is 6.42 Å². The zero-order valence-corrected chi connectivity index (χ0v) is 3.39. The molecule has 0 bridgehead atoms. The maximum absolute atomic E-state index is 5.27. The predicted molar refractivity (Wildman–Crippen MR) is 24.2 cm³/mol. The summed E-state index contributed by atoms with van der Waals surface area (Å²) in [5.41, 5.74) is 6.21. The lowest BCUT2D eigenvalue weighted by Crippen LogP contribution is -2.01. The molecule has 1 fully saturated rings. The summed E-state index contributed by atoms with van der Waals surface area (Å²) >= 11 is 0. The summed E-state index contributed by atoms with van der Waals surface area (Å²) in [6.07, 6.45) is 0.899. The standard InChI is InChI=1S/C3H7N3/c4-2-1-3(2)6-5/h2H,1,4-5H2/b6-3-. The quantitative estimate of drug-likeness (QED) is 0.293. The van der Waals surface area contributed by atoms with E-state index in [0.717, 1.165) is 12.1 Å². The van der Waals surface area contributed by atoms with Crippen molar-refractivity contribution >= 4 is 5.71 Å². The van der Waals surface area contributed by atoms with Crippen molar-refractivity contribution in [3.8, 4) is 0 Å². The van der Waals surface area contributed by atoms with E-state index < -0.39 is 0 Å². The summed E-state index contributed by atoms with van der Waals surface area (Å²) < 4.78 is 0. The fourth-order valence-electron chi connectivity index (χ4n) is 0.315. The van der Waals surface area contributed by atoms with E-state index in [1.807, 2.05) is 0 Å². The molecule has 0 amide bonds. The van der Waals surface area contributed by atoms with Crippen molar-refractivity contribution in [1.29, 1.82) is 0 Å². The minimum Gasteiger partial charge on any atom is -0.323 e. The second-order valence-electron chi connectivity index (χ2n) is 1.43. The van der Waals surface area contributed by atoms with Gasteiger partial charge in [-0.1, -0.05) is 0 Å². The van der Waals surface area contributed by atoms with Crippen molar-refractivity contribution in [3.05, 3.63) is 0 Å². The van der Waals surface area contributed by atoms with Crippen molar-refractivity contribution in [3.63, 3.8) is 0 Å². The fourth-order valence-corrected chi connectivity index (χ4v) is 0.315. The molecule has 0 spiro atoms. The minimum absolute atomic E-state index is 0.190. The van der Waals surface area contributed by atoms with Gasteiger partial charge >= 0.3 is 0 Å². The second kappa shape index (κ2) is 0.944. The Labute approximate surface area is 36.0 Å². The van der Waals surface area contributed by atoms with Crippen LogP contribution in [0.4, 0.5) is 0 Å². The minimum atomic E-state index is 0.190. The molecule has 1 unspecified atom stereocenters. The Bertz CT molecular complexity index is 86.0. The lowest BCUT2D eigenvalue weighted by Gasteiger charge is -1.66. The molecule has 4 N–H and O–H groups in total. The molecule has 1 aliphatic rings. The number of hydrazone groups is 1. The van der Waals surface area contributed by atoms with Gasteiger partial charge in [-0.15, -0.1) is 0 Å². The largest absolute Gasteiger partial charge is 0.323 e. The lowest BCUT2D eigenvalue weighted by atomic mass is 10.8. The summed E-state index contributed by atoms with van der Waals surface area (Å²) in [5, 5.41) is 3.37. The molecule has 1 rings (SSSR count). The summed E-state index contributed by atoms with van der Waals surface area (Å²) in [4.78, 5) is 0. The first kappa shape index (κ1) is 3.61. The number of hydrogen-bond acceptors (Lipinski definition) is 3. The van der Waals surface area contributed by atoms with Gasteiger partial charge in [0.1, 0.15) is 0 Å². The number of nitrogens with two attached hydrogens (primary N) is 2. The zero-order chi connectivity index (χ0) is 4.57. The first-order valence-electron chi connectivity index (χ1n) is 1.87. The van der Waals surface area contributed by atoms with E-state index >= 15 is 0 Å².